The minimum absolute atomic E-state index is 0.163. The topological polar surface area (TPSA) is 114 Å². The zero-order chi connectivity index (χ0) is 23.5. The van der Waals surface area contributed by atoms with E-state index in [-0.39, 0.29) is 29.8 Å². The van der Waals surface area contributed by atoms with Crippen LogP contribution in [-0.2, 0) is 0 Å². The lowest BCUT2D eigenvalue weighted by molar-refractivity contribution is 0.208. The third kappa shape index (κ3) is 4.62. The molecule has 4 aromatic rings. The molecular weight excluding hydrogens is 436 g/mol. The number of aromatic amines is 1. The van der Waals surface area contributed by atoms with Crippen molar-refractivity contribution in [1.29, 1.82) is 0 Å². The van der Waals surface area contributed by atoms with E-state index < -0.39 is 17.7 Å². The number of hydrogen-bond donors (Lipinski definition) is 3. The SMILES string of the molecule is COc1ccc(OC)c(-c2n[nH]c3nc(Oc4ccc(F)cc4F)nc(NC[C@H](C)O)c23)c1. The van der Waals surface area contributed by atoms with Crippen molar-refractivity contribution in [2.75, 3.05) is 26.1 Å². The lowest BCUT2D eigenvalue weighted by Gasteiger charge is -2.13. The Balaban J connectivity index is 1.84. The third-order valence-corrected chi connectivity index (χ3v) is 4.72. The van der Waals surface area contributed by atoms with Gasteiger partial charge in [-0.3, -0.25) is 5.10 Å². The van der Waals surface area contributed by atoms with Gasteiger partial charge in [0.15, 0.2) is 17.2 Å². The van der Waals surface area contributed by atoms with E-state index >= 15 is 0 Å². The minimum atomic E-state index is -0.899. The number of nitrogens with zero attached hydrogens (tertiary/aromatic N) is 3. The van der Waals surface area contributed by atoms with E-state index in [1.165, 1.54) is 7.11 Å². The van der Waals surface area contributed by atoms with Crippen molar-refractivity contribution in [3.05, 3.63) is 48.0 Å². The molecule has 11 heteroatoms. The molecule has 172 valence electrons. The number of halogens is 2. The van der Waals surface area contributed by atoms with Crippen LogP contribution in [0.25, 0.3) is 22.3 Å². The molecule has 0 saturated heterocycles. The number of hydrogen-bond acceptors (Lipinski definition) is 8. The Bertz CT molecular complexity index is 1300. The molecule has 33 heavy (non-hydrogen) atoms. The average Bonchev–Trinajstić information content (AvgIpc) is 3.22. The maximum atomic E-state index is 14.1. The van der Waals surface area contributed by atoms with Crippen LogP contribution in [0.2, 0.25) is 0 Å². The molecule has 0 amide bonds. The van der Waals surface area contributed by atoms with Gasteiger partial charge >= 0.3 is 6.01 Å². The molecule has 9 nitrogen and oxygen atoms in total. The van der Waals surface area contributed by atoms with Crippen LogP contribution >= 0.6 is 0 Å². The number of rotatable bonds is 8. The van der Waals surface area contributed by atoms with Crippen LogP contribution in [-0.4, -0.2) is 52.1 Å². The van der Waals surface area contributed by atoms with Crippen LogP contribution in [0, 0.1) is 11.6 Å². The molecule has 3 N–H and O–H groups in total. The normalized spacial score (nSPS) is 11.9. The summed E-state index contributed by atoms with van der Waals surface area (Å²) >= 11 is 0. The minimum Gasteiger partial charge on any atom is -0.497 e. The van der Waals surface area contributed by atoms with E-state index in [0.717, 1.165) is 12.1 Å². The predicted octanol–water partition coefficient (Wildman–Crippen LogP) is 3.90. The Morgan fingerprint density at radius 1 is 1.06 bits per heavy atom. The van der Waals surface area contributed by atoms with Crippen molar-refractivity contribution < 1.29 is 28.1 Å². The van der Waals surface area contributed by atoms with E-state index in [4.69, 9.17) is 14.2 Å². The molecule has 4 rings (SSSR count). The molecular formula is C22H21F2N5O4. The number of aliphatic hydroxyl groups excluding tert-OH is 1. The van der Waals surface area contributed by atoms with Crippen LogP contribution in [0.4, 0.5) is 14.6 Å². The molecule has 0 unspecified atom stereocenters. The fraction of sp³-hybridized carbons (Fsp3) is 0.227. The fourth-order valence-corrected chi connectivity index (χ4v) is 3.18. The highest BCUT2D eigenvalue weighted by Gasteiger charge is 2.21. The van der Waals surface area contributed by atoms with E-state index in [1.807, 2.05) is 0 Å². The first-order chi connectivity index (χ1) is 15.9. The summed E-state index contributed by atoms with van der Waals surface area (Å²) in [5.74, 6) is -0.462. The average molecular weight is 457 g/mol. The van der Waals surface area contributed by atoms with Crippen molar-refractivity contribution in [2.45, 2.75) is 13.0 Å². The number of nitrogens with one attached hydrogen (secondary N) is 2. The van der Waals surface area contributed by atoms with Gasteiger partial charge in [0.25, 0.3) is 0 Å². The molecule has 0 saturated carbocycles. The summed E-state index contributed by atoms with van der Waals surface area (Å²) in [6.45, 7) is 1.77. The molecule has 0 aliphatic carbocycles. The molecule has 0 aliphatic rings. The van der Waals surface area contributed by atoms with Gasteiger partial charge in [-0.2, -0.15) is 15.1 Å². The summed E-state index contributed by atoms with van der Waals surface area (Å²) in [7, 11) is 3.08. The van der Waals surface area contributed by atoms with E-state index in [9.17, 15) is 13.9 Å². The number of aromatic nitrogens is 4. The molecule has 0 aliphatic heterocycles. The largest absolute Gasteiger partial charge is 0.497 e. The molecule has 0 bridgehead atoms. The fourth-order valence-electron chi connectivity index (χ4n) is 3.18. The van der Waals surface area contributed by atoms with Crippen LogP contribution in [0.1, 0.15) is 6.92 Å². The predicted molar refractivity (Wildman–Crippen MR) is 117 cm³/mol. The van der Waals surface area contributed by atoms with Crippen LogP contribution in [0.5, 0.6) is 23.3 Å². The molecule has 2 aromatic heterocycles. The van der Waals surface area contributed by atoms with Crippen molar-refractivity contribution >= 4 is 16.9 Å². The Labute approximate surface area is 187 Å². The second-order valence-electron chi connectivity index (χ2n) is 7.12. The third-order valence-electron chi connectivity index (χ3n) is 4.72. The Morgan fingerprint density at radius 2 is 1.85 bits per heavy atom. The monoisotopic (exact) mass is 457 g/mol. The van der Waals surface area contributed by atoms with Crippen LogP contribution < -0.4 is 19.5 Å². The Morgan fingerprint density at radius 3 is 2.55 bits per heavy atom. The van der Waals surface area contributed by atoms with Gasteiger partial charge in [-0.05, 0) is 37.3 Å². The molecule has 2 heterocycles. The Kier molecular flexibility index (Phi) is 6.22. The van der Waals surface area contributed by atoms with E-state index in [2.05, 4.69) is 25.5 Å². The number of fused-ring (bicyclic) bond motifs is 1. The molecule has 1 atom stereocenters. The van der Waals surface area contributed by atoms with Gasteiger partial charge in [-0.1, -0.05) is 0 Å². The molecule has 2 aromatic carbocycles. The maximum Gasteiger partial charge on any atom is 0.326 e. The number of H-pyrrole nitrogens is 1. The number of aliphatic hydroxyl groups is 1. The smallest absolute Gasteiger partial charge is 0.326 e. The number of ether oxygens (including phenoxy) is 3. The molecule has 0 spiro atoms. The highest BCUT2D eigenvalue weighted by Crippen LogP contribution is 2.38. The maximum absolute atomic E-state index is 14.1. The summed E-state index contributed by atoms with van der Waals surface area (Å²) in [6.07, 6.45) is -0.685. The molecule has 0 radical (unpaired) electrons. The lowest BCUT2D eigenvalue weighted by Crippen LogP contribution is -2.16. The number of methoxy groups -OCH3 is 2. The summed E-state index contributed by atoms with van der Waals surface area (Å²) < 4.78 is 43.5. The highest BCUT2D eigenvalue weighted by atomic mass is 19.1. The quantitative estimate of drug-likeness (QED) is 0.365. The van der Waals surface area contributed by atoms with Crippen LogP contribution in [0.15, 0.2) is 36.4 Å². The van der Waals surface area contributed by atoms with Gasteiger partial charge in [-0.15, -0.1) is 0 Å². The summed E-state index contributed by atoms with van der Waals surface area (Å²) in [5, 5.41) is 20.5. The van der Waals surface area contributed by atoms with Crippen molar-refractivity contribution in [2.24, 2.45) is 0 Å². The highest BCUT2D eigenvalue weighted by molar-refractivity contribution is 6.00. The van der Waals surface area contributed by atoms with Gasteiger partial charge < -0.3 is 24.6 Å². The number of anilines is 1. The van der Waals surface area contributed by atoms with Gasteiger partial charge in [0, 0.05) is 18.2 Å². The van der Waals surface area contributed by atoms with E-state index in [1.54, 1.807) is 32.2 Å². The second kappa shape index (κ2) is 9.25. The Hall–Kier alpha value is -3.99. The first kappa shape index (κ1) is 22.2. The summed E-state index contributed by atoms with van der Waals surface area (Å²) in [5.41, 5.74) is 1.37. The second-order valence-corrected chi connectivity index (χ2v) is 7.12. The summed E-state index contributed by atoms with van der Waals surface area (Å²) in [4.78, 5) is 8.62. The standard InChI is InChI=1S/C22H21F2N5O4/c1-11(30)10-25-20-18-19(14-9-13(31-2)5-7-16(14)32-3)28-29-21(18)27-22(26-20)33-17-6-4-12(23)8-15(17)24/h4-9,11,30H,10H2,1-3H3,(H2,25,26,27,28,29)/t11-/m0/s1. The van der Waals surface area contributed by atoms with Gasteiger partial charge in [0.2, 0.25) is 0 Å². The van der Waals surface area contributed by atoms with E-state index in [0.29, 0.717) is 34.2 Å². The summed E-state index contributed by atoms with van der Waals surface area (Å²) in [6, 6.07) is 7.95. The zero-order valence-corrected chi connectivity index (χ0v) is 18.0. The zero-order valence-electron chi connectivity index (χ0n) is 18.0. The van der Waals surface area contributed by atoms with Crippen molar-refractivity contribution in [3.8, 4) is 34.5 Å². The van der Waals surface area contributed by atoms with Crippen molar-refractivity contribution in [3.63, 3.8) is 0 Å². The van der Waals surface area contributed by atoms with Crippen LogP contribution in [0.3, 0.4) is 0 Å². The van der Waals surface area contributed by atoms with Gasteiger partial charge in [0.1, 0.15) is 28.8 Å². The first-order valence-electron chi connectivity index (χ1n) is 9.93. The van der Waals surface area contributed by atoms with Crippen molar-refractivity contribution in [1.82, 2.24) is 20.2 Å². The van der Waals surface area contributed by atoms with Gasteiger partial charge in [-0.25, -0.2) is 8.78 Å². The number of benzene rings is 2. The van der Waals surface area contributed by atoms with Gasteiger partial charge in [0.05, 0.1) is 25.7 Å². The molecule has 0 fully saturated rings. The lowest BCUT2D eigenvalue weighted by atomic mass is 10.1. The first-order valence-corrected chi connectivity index (χ1v) is 9.93.